The standard InChI is InChI=1S/C14H17F3N2O3/c1-22-12-3-2-10(8-11(12)14(15,16)17)9-18-4-6-19(7-5-18)13(20)21/h2-3,8H,4-7,9H2,1H3,(H,20,21). The number of hydrogen-bond donors (Lipinski definition) is 1. The van der Waals surface area contributed by atoms with Gasteiger partial charge in [0.2, 0.25) is 0 Å². The molecule has 1 N–H and O–H groups in total. The van der Waals surface area contributed by atoms with Crippen LogP contribution in [0.3, 0.4) is 0 Å². The summed E-state index contributed by atoms with van der Waals surface area (Å²) in [6.45, 7) is 2.06. The summed E-state index contributed by atoms with van der Waals surface area (Å²) in [6, 6.07) is 3.99. The van der Waals surface area contributed by atoms with Gasteiger partial charge in [0.25, 0.3) is 0 Å². The number of rotatable bonds is 3. The number of alkyl halides is 3. The number of halogens is 3. The first kappa shape index (κ1) is 16.4. The smallest absolute Gasteiger partial charge is 0.419 e. The fourth-order valence-electron chi connectivity index (χ4n) is 2.43. The third kappa shape index (κ3) is 3.82. The number of piperazine rings is 1. The number of carboxylic acid groups (broad SMARTS) is 1. The third-order valence-corrected chi connectivity index (χ3v) is 3.62. The van der Waals surface area contributed by atoms with Crippen molar-refractivity contribution in [2.75, 3.05) is 33.3 Å². The van der Waals surface area contributed by atoms with Gasteiger partial charge in [0.15, 0.2) is 0 Å². The van der Waals surface area contributed by atoms with Gasteiger partial charge in [-0.15, -0.1) is 0 Å². The topological polar surface area (TPSA) is 53.0 Å². The van der Waals surface area contributed by atoms with Gasteiger partial charge in [-0.25, -0.2) is 4.79 Å². The third-order valence-electron chi connectivity index (χ3n) is 3.62. The highest BCUT2D eigenvalue weighted by molar-refractivity contribution is 5.65. The van der Waals surface area contributed by atoms with E-state index < -0.39 is 17.8 Å². The first-order valence-corrected chi connectivity index (χ1v) is 6.75. The molecule has 8 heteroatoms. The molecule has 1 amide bonds. The number of benzene rings is 1. The Kier molecular flexibility index (Phi) is 4.80. The minimum atomic E-state index is -4.47. The van der Waals surface area contributed by atoms with Gasteiger partial charge in [0, 0.05) is 32.7 Å². The van der Waals surface area contributed by atoms with Crippen molar-refractivity contribution < 1.29 is 27.8 Å². The molecule has 1 aromatic rings. The van der Waals surface area contributed by atoms with Gasteiger partial charge in [0.05, 0.1) is 12.7 Å². The molecule has 2 rings (SSSR count). The summed E-state index contributed by atoms with van der Waals surface area (Å²) in [7, 11) is 1.20. The molecule has 1 fully saturated rings. The molecule has 1 aromatic carbocycles. The molecular weight excluding hydrogens is 301 g/mol. The summed E-state index contributed by atoms with van der Waals surface area (Å²) in [5.74, 6) is -0.202. The van der Waals surface area contributed by atoms with Crippen LogP contribution in [0.5, 0.6) is 5.75 Å². The van der Waals surface area contributed by atoms with Crippen LogP contribution in [0.1, 0.15) is 11.1 Å². The Morgan fingerprint density at radius 3 is 2.41 bits per heavy atom. The molecule has 122 valence electrons. The second kappa shape index (κ2) is 6.43. The number of carbonyl (C=O) groups is 1. The SMILES string of the molecule is COc1ccc(CN2CCN(C(=O)O)CC2)cc1C(F)(F)F. The van der Waals surface area contributed by atoms with Crippen molar-refractivity contribution in [3.05, 3.63) is 29.3 Å². The van der Waals surface area contributed by atoms with E-state index in [0.717, 1.165) is 6.07 Å². The van der Waals surface area contributed by atoms with Gasteiger partial charge in [-0.1, -0.05) is 6.07 Å². The van der Waals surface area contributed by atoms with Crippen molar-refractivity contribution in [1.29, 1.82) is 0 Å². The van der Waals surface area contributed by atoms with Crippen LogP contribution < -0.4 is 4.74 Å². The Morgan fingerprint density at radius 2 is 1.91 bits per heavy atom. The Balaban J connectivity index is 2.06. The van der Waals surface area contributed by atoms with Gasteiger partial charge < -0.3 is 14.7 Å². The molecule has 5 nitrogen and oxygen atoms in total. The lowest BCUT2D eigenvalue weighted by molar-refractivity contribution is -0.138. The van der Waals surface area contributed by atoms with Crippen molar-refractivity contribution >= 4 is 6.09 Å². The molecular formula is C14H17F3N2O3. The van der Waals surface area contributed by atoms with Gasteiger partial charge in [0.1, 0.15) is 5.75 Å². The Morgan fingerprint density at radius 1 is 1.27 bits per heavy atom. The zero-order valence-electron chi connectivity index (χ0n) is 12.1. The lowest BCUT2D eigenvalue weighted by Gasteiger charge is -2.33. The number of ether oxygens (including phenoxy) is 1. The summed E-state index contributed by atoms with van der Waals surface area (Å²) in [5.41, 5.74) is -0.270. The summed E-state index contributed by atoms with van der Waals surface area (Å²) in [5, 5.41) is 8.87. The minimum absolute atomic E-state index is 0.202. The van der Waals surface area contributed by atoms with Crippen molar-refractivity contribution in [2.45, 2.75) is 12.7 Å². The highest BCUT2D eigenvalue weighted by atomic mass is 19.4. The van der Waals surface area contributed by atoms with E-state index in [2.05, 4.69) is 0 Å². The Labute approximate surface area is 125 Å². The monoisotopic (exact) mass is 318 g/mol. The number of amides is 1. The van der Waals surface area contributed by atoms with Crippen molar-refractivity contribution in [3.8, 4) is 5.75 Å². The zero-order chi connectivity index (χ0) is 16.3. The molecule has 0 aromatic heterocycles. The maximum absolute atomic E-state index is 13.0. The lowest BCUT2D eigenvalue weighted by Crippen LogP contribution is -2.47. The molecule has 0 aliphatic carbocycles. The normalized spacial score (nSPS) is 16.6. The van der Waals surface area contributed by atoms with E-state index in [1.807, 2.05) is 4.90 Å². The van der Waals surface area contributed by atoms with E-state index in [0.29, 0.717) is 38.3 Å². The quantitative estimate of drug-likeness (QED) is 0.930. The molecule has 1 aliphatic rings. The largest absolute Gasteiger partial charge is 0.496 e. The number of hydrogen-bond acceptors (Lipinski definition) is 3. The first-order chi connectivity index (χ1) is 10.3. The van der Waals surface area contributed by atoms with Crippen LogP contribution in [-0.4, -0.2) is 54.3 Å². The van der Waals surface area contributed by atoms with E-state index >= 15 is 0 Å². The van der Waals surface area contributed by atoms with Gasteiger partial charge in [-0.2, -0.15) is 13.2 Å². The fourth-order valence-corrected chi connectivity index (χ4v) is 2.43. The molecule has 0 unspecified atom stereocenters. The molecule has 0 atom stereocenters. The Bertz CT molecular complexity index is 541. The lowest BCUT2D eigenvalue weighted by atomic mass is 10.1. The number of nitrogens with zero attached hydrogens (tertiary/aromatic N) is 2. The van der Waals surface area contributed by atoms with Gasteiger partial charge >= 0.3 is 12.3 Å². The van der Waals surface area contributed by atoms with Crippen LogP contribution in [0.2, 0.25) is 0 Å². The van der Waals surface area contributed by atoms with Crippen LogP contribution in [0, 0.1) is 0 Å². The number of methoxy groups -OCH3 is 1. The van der Waals surface area contributed by atoms with E-state index in [1.165, 1.54) is 18.1 Å². The summed E-state index contributed by atoms with van der Waals surface area (Å²) >= 11 is 0. The van der Waals surface area contributed by atoms with E-state index in [4.69, 9.17) is 9.84 Å². The molecule has 0 spiro atoms. The molecule has 0 bridgehead atoms. The highest BCUT2D eigenvalue weighted by Gasteiger charge is 2.34. The molecule has 1 heterocycles. The van der Waals surface area contributed by atoms with E-state index in [1.54, 1.807) is 6.07 Å². The average molecular weight is 318 g/mol. The second-order valence-electron chi connectivity index (χ2n) is 5.08. The summed E-state index contributed by atoms with van der Waals surface area (Å²) in [6.07, 6.45) is -5.44. The van der Waals surface area contributed by atoms with Crippen LogP contribution in [0.25, 0.3) is 0 Å². The first-order valence-electron chi connectivity index (χ1n) is 6.75. The van der Waals surface area contributed by atoms with Crippen LogP contribution in [-0.2, 0) is 12.7 Å². The van der Waals surface area contributed by atoms with Crippen LogP contribution in [0.4, 0.5) is 18.0 Å². The maximum atomic E-state index is 13.0. The van der Waals surface area contributed by atoms with Crippen LogP contribution >= 0.6 is 0 Å². The predicted octanol–water partition coefficient (Wildman–Crippen LogP) is 2.51. The van der Waals surface area contributed by atoms with Crippen molar-refractivity contribution in [1.82, 2.24) is 9.80 Å². The van der Waals surface area contributed by atoms with E-state index in [-0.39, 0.29) is 5.75 Å². The zero-order valence-corrected chi connectivity index (χ0v) is 12.1. The predicted molar refractivity (Wildman–Crippen MR) is 72.9 cm³/mol. The minimum Gasteiger partial charge on any atom is -0.496 e. The average Bonchev–Trinajstić information content (AvgIpc) is 2.47. The molecule has 1 saturated heterocycles. The fraction of sp³-hybridized carbons (Fsp3) is 0.500. The van der Waals surface area contributed by atoms with Gasteiger partial charge in [-0.05, 0) is 17.7 Å². The van der Waals surface area contributed by atoms with E-state index in [9.17, 15) is 18.0 Å². The molecule has 1 aliphatic heterocycles. The Hall–Kier alpha value is -1.96. The summed E-state index contributed by atoms with van der Waals surface area (Å²) in [4.78, 5) is 14.0. The molecule has 0 saturated carbocycles. The maximum Gasteiger partial charge on any atom is 0.419 e. The molecule has 0 radical (unpaired) electrons. The van der Waals surface area contributed by atoms with Crippen LogP contribution in [0.15, 0.2) is 18.2 Å². The van der Waals surface area contributed by atoms with Gasteiger partial charge in [-0.3, -0.25) is 4.90 Å². The second-order valence-corrected chi connectivity index (χ2v) is 5.08. The van der Waals surface area contributed by atoms with Crippen molar-refractivity contribution in [2.24, 2.45) is 0 Å². The highest BCUT2D eigenvalue weighted by Crippen LogP contribution is 2.36. The van der Waals surface area contributed by atoms with Crippen molar-refractivity contribution in [3.63, 3.8) is 0 Å². The summed E-state index contributed by atoms with van der Waals surface area (Å²) < 4.78 is 43.7. The molecule has 22 heavy (non-hydrogen) atoms.